The maximum Gasteiger partial charge on any atom is 0.351 e. The molecule has 116 valence electrons. The molecule has 1 aliphatic rings. The highest BCUT2D eigenvalue weighted by Crippen LogP contribution is 2.38. The van der Waals surface area contributed by atoms with Crippen molar-refractivity contribution in [3.63, 3.8) is 0 Å². The molecule has 0 unspecified atom stereocenters. The predicted octanol–water partition coefficient (Wildman–Crippen LogP) is -1.86. The average Bonchev–Trinajstić information content (AvgIpc) is 2.64. The Labute approximate surface area is 118 Å². The Balaban J connectivity index is 2.26. The largest absolute Gasteiger partial charge is 0.387 e. The molecule has 1 aliphatic heterocycles. The zero-order valence-corrected chi connectivity index (χ0v) is 11.4. The van der Waals surface area contributed by atoms with E-state index >= 15 is 0 Å². The topological polar surface area (TPSA) is 168 Å². The van der Waals surface area contributed by atoms with Crippen LogP contribution in [0.5, 0.6) is 0 Å². The average molecular weight is 319 g/mol. The Morgan fingerprint density at radius 3 is 2.62 bits per heavy atom. The Kier molecular flexibility index (Phi) is 4.28. The van der Waals surface area contributed by atoms with E-state index in [1.807, 2.05) is 0 Å². The van der Waals surface area contributed by atoms with Gasteiger partial charge in [-0.05, 0) is 12.1 Å². The van der Waals surface area contributed by atoms with Gasteiger partial charge in [0.15, 0.2) is 6.23 Å². The van der Waals surface area contributed by atoms with Gasteiger partial charge in [0.1, 0.15) is 24.1 Å². The van der Waals surface area contributed by atoms with E-state index in [2.05, 4.69) is 4.98 Å². The van der Waals surface area contributed by atoms with Gasteiger partial charge in [-0.2, -0.15) is 4.98 Å². The van der Waals surface area contributed by atoms with Crippen molar-refractivity contribution >= 4 is 13.4 Å². The van der Waals surface area contributed by atoms with E-state index in [1.54, 1.807) is 0 Å². The number of ether oxygens (including phenoxy) is 1. The highest BCUT2D eigenvalue weighted by molar-refractivity contribution is 7.55. The summed E-state index contributed by atoms with van der Waals surface area (Å²) in [5.74, 6) is 0.544. The van der Waals surface area contributed by atoms with Crippen molar-refractivity contribution in [2.24, 2.45) is 0 Å². The quantitative estimate of drug-likeness (QED) is 0.401. The molecule has 2 heterocycles. The summed E-state index contributed by atoms with van der Waals surface area (Å²) in [6.07, 6.45) is -3.18. The van der Waals surface area contributed by atoms with Gasteiger partial charge in [0, 0.05) is 12.0 Å². The SMILES string of the molecule is Nc1ccn([C@@H]2O[C@H](/C=C/P(=O)(O)O)[C@@H](O)[C@@H]2O)c(=O)n1. The van der Waals surface area contributed by atoms with Gasteiger partial charge in [-0.1, -0.05) is 0 Å². The van der Waals surface area contributed by atoms with Crippen LogP contribution in [0.2, 0.25) is 0 Å². The predicted molar refractivity (Wildman–Crippen MR) is 70.0 cm³/mol. The second-order valence-corrected chi connectivity index (χ2v) is 5.92. The van der Waals surface area contributed by atoms with Crippen molar-refractivity contribution in [2.75, 3.05) is 5.73 Å². The van der Waals surface area contributed by atoms with Crippen molar-refractivity contribution in [3.05, 3.63) is 34.6 Å². The van der Waals surface area contributed by atoms with Crippen LogP contribution in [0.1, 0.15) is 6.23 Å². The highest BCUT2D eigenvalue weighted by Gasteiger charge is 2.43. The molecule has 1 fully saturated rings. The number of nitrogens with zero attached hydrogens (tertiary/aromatic N) is 2. The molecule has 21 heavy (non-hydrogen) atoms. The van der Waals surface area contributed by atoms with Crippen LogP contribution >= 0.6 is 7.60 Å². The lowest BCUT2D eigenvalue weighted by molar-refractivity contribution is -0.0295. The first-order valence-electron chi connectivity index (χ1n) is 5.80. The van der Waals surface area contributed by atoms with E-state index in [-0.39, 0.29) is 5.82 Å². The first-order chi connectivity index (χ1) is 9.69. The van der Waals surface area contributed by atoms with Crippen LogP contribution in [0.25, 0.3) is 0 Å². The molecular weight excluding hydrogens is 305 g/mol. The number of hydrogen-bond donors (Lipinski definition) is 5. The molecule has 1 aromatic rings. The minimum atomic E-state index is -4.42. The fourth-order valence-electron chi connectivity index (χ4n) is 1.89. The summed E-state index contributed by atoms with van der Waals surface area (Å²) in [6.45, 7) is 0. The third-order valence-electron chi connectivity index (χ3n) is 2.87. The molecule has 0 aliphatic carbocycles. The van der Waals surface area contributed by atoms with Gasteiger partial charge in [-0.3, -0.25) is 9.13 Å². The Morgan fingerprint density at radius 1 is 1.38 bits per heavy atom. The molecule has 2 rings (SSSR count). The molecule has 0 saturated carbocycles. The maximum absolute atomic E-state index is 11.7. The van der Waals surface area contributed by atoms with Crippen LogP contribution in [0.4, 0.5) is 5.82 Å². The normalized spacial score (nSPS) is 30.1. The molecule has 11 heteroatoms. The fourth-order valence-corrected chi connectivity index (χ4v) is 2.28. The lowest BCUT2D eigenvalue weighted by atomic mass is 10.1. The number of hydrogen-bond acceptors (Lipinski definition) is 7. The Hall–Kier alpha value is -1.55. The monoisotopic (exact) mass is 319 g/mol. The zero-order chi connectivity index (χ0) is 15.8. The van der Waals surface area contributed by atoms with E-state index in [0.29, 0.717) is 5.82 Å². The van der Waals surface area contributed by atoms with Crippen molar-refractivity contribution in [1.82, 2.24) is 9.55 Å². The second kappa shape index (κ2) is 5.68. The molecule has 0 amide bonds. The van der Waals surface area contributed by atoms with Crippen molar-refractivity contribution in [3.8, 4) is 0 Å². The summed E-state index contributed by atoms with van der Waals surface area (Å²) < 4.78 is 16.9. The van der Waals surface area contributed by atoms with Gasteiger partial charge in [0.2, 0.25) is 0 Å². The summed E-state index contributed by atoms with van der Waals surface area (Å²) in [4.78, 5) is 32.6. The third kappa shape index (κ3) is 3.56. The molecule has 10 nitrogen and oxygen atoms in total. The third-order valence-corrected chi connectivity index (χ3v) is 3.43. The molecule has 6 N–H and O–H groups in total. The number of aliphatic hydroxyl groups is 2. The van der Waals surface area contributed by atoms with Gasteiger partial charge in [0.25, 0.3) is 0 Å². The van der Waals surface area contributed by atoms with Gasteiger partial charge in [-0.15, -0.1) is 0 Å². The zero-order valence-electron chi connectivity index (χ0n) is 10.6. The first-order valence-corrected chi connectivity index (χ1v) is 7.48. The lowest BCUT2D eigenvalue weighted by Gasteiger charge is -2.16. The summed E-state index contributed by atoms with van der Waals surface area (Å²) in [7, 11) is -4.42. The number of anilines is 1. The van der Waals surface area contributed by atoms with Crippen molar-refractivity contribution in [1.29, 1.82) is 0 Å². The van der Waals surface area contributed by atoms with Gasteiger partial charge < -0.3 is 30.5 Å². The second-order valence-electron chi connectivity index (χ2n) is 4.45. The van der Waals surface area contributed by atoms with Crippen LogP contribution in [0, 0.1) is 0 Å². The summed E-state index contributed by atoms with van der Waals surface area (Å²) >= 11 is 0. The standard InChI is InChI=1S/C10H14N3O7P/c11-6-1-3-13(10(16)12-6)9-8(15)7(14)5(20-9)2-4-21(17,18)19/h1-5,7-9,14-15H,(H2,11,12,16)(H2,17,18,19)/b4-2+/t5-,7-,8+,9-/m1/s1. The number of nitrogen functional groups attached to an aromatic ring is 1. The first kappa shape index (κ1) is 15.8. The lowest BCUT2D eigenvalue weighted by Crippen LogP contribution is -2.35. The molecule has 0 aromatic carbocycles. The van der Waals surface area contributed by atoms with Crippen LogP contribution in [0.3, 0.4) is 0 Å². The molecule has 0 spiro atoms. The van der Waals surface area contributed by atoms with Crippen LogP contribution in [0.15, 0.2) is 29.0 Å². The minimum Gasteiger partial charge on any atom is -0.387 e. The molecule has 4 atom stereocenters. The molecule has 0 radical (unpaired) electrons. The summed E-state index contributed by atoms with van der Waals surface area (Å²) in [5, 5.41) is 19.7. The number of aromatic nitrogens is 2. The smallest absolute Gasteiger partial charge is 0.351 e. The molecule has 0 bridgehead atoms. The molecular formula is C10H14N3O7P. The van der Waals surface area contributed by atoms with Crippen LogP contribution in [-0.4, -0.2) is 47.9 Å². The summed E-state index contributed by atoms with van der Waals surface area (Å²) in [5.41, 5.74) is 4.55. The number of rotatable bonds is 3. The highest BCUT2D eigenvalue weighted by atomic mass is 31.2. The van der Waals surface area contributed by atoms with Gasteiger partial charge in [-0.25, -0.2) is 4.79 Å². The van der Waals surface area contributed by atoms with E-state index in [4.69, 9.17) is 20.3 Å². The van der Waals surface area contributed by atoms with E-state index in [9.17, 15) is 19.6 Å². The number of aliphatic hydroxyl groups excluding tert-OH is 2. The van der Waals surface area contributed by atoms with Crippen LogP contribution < -0.4 is 11.4 Å². The number of nitrogens with two attached hydrogens (primary N) is 1. The van der Waals surface area contributed by atoms with Gasteiger partial charge in [0.05, 0.1) is 0 Å². The van der Waals surface area contributed by atoms with Crippen molar-refractivity contribution in [2.45, 2.75) is 24.5 Å². The Bertz CT molecular complexity index is 654. The fraction of sp³-hybridized carbons (Fsp3) is 0.400. The minimum absolute atomic E-state index is 0.0118. The van der Waals surface area contributed by atoms with Crippen molar-refractivity contribution < 1.29 is 29.3 Å². The molecule has 1 saturated heterocycles. The van der Waals surface area contributed by atoms with E-state index in [1.165, 1.54) is 12.3 Å². The maximum atomic E-state index is 11.7. The van der Waals surface area contributed by atoms with E-state index in [0.717, 1.165) is 10.6 Å². The Morgan fingerprint density at radius 2 is 2.05 bits per heavy atom. The van der Waals surface area contributed by atoms with E-state index < -0.39 is 37.8 Å². The van der Waals surface area contributed by atoms with Gasteiger partial charge >= 0.3 is 13.3 Å². The summed E-state index contributed by atoms with van der Waals surface area (Å²) in [6, 6.07) is 1.31. The molecule has 1 aromatic heterocycles. The van der Waals surface area contributed by atoms with Crippen LogP contribution in [-0.2, 0) is 9.30 Å².